The summed E-state index contributed by atoms with van der Waals surface area (Å²) in [6.45, 7) is 10.9. The van der Waals surface area contributed by atoms with Crippen LogP contribution >= 0.6 is 0 Å². The first-order valence-corrected chi connectivity index (χ1v) is 9.06. The van der Waals surface area contributed by atoms with Crippen molar-refractivity contribution in [2.24, 2.45) is 17.3 Å². The van der Waals surface area contributed by atoms with Crippen molar-refractivity contribution in [1.82, 2.24) is 0 Å². The highest BCUT2D eigenvalue weighted by molar-refractivity contribution is 5.89. The van der Waals surface area contributed by atoms with E-state index in [0.717, 1.165) is 37.7 Å². The van der Waals surface area contributed by atoms with Gasteiger partial charge >= 0.3 is 5.97 Å². The maximum absolute atomic E-state index is 12.5. The predicted octanol–water partition coefficient (Wildman–Crippen LogP) is 4.16. The standard InChI is InChI=1S/C20H30O3/c1-13-7-8-16-12-17(21)20(4)10-5-6-15(18(22)23-20)9-11-19(13,3)14(16)2/h6,13,16-17,21H,2,5,7-12H2,1,3-4H3. The van der Waals surface area contributed by atoms with Crippen LogP contribution in [-0.4, -0.2) is 22.8 Å². The summed E-state index contributed by atoms with van der Waals surface area (Å²) in [5, 5.41) is 10.8. The van der Waals surface area contributed by atoms with Crippen LogP contribution in [0.4, 0.5) is 0 Å². The lowest BCUT2D eigenvalue weighted by atomic mass is 9.58. The Hall–Kier alpha value is -1.09. The molecule has 0 radical (unpaired) electrons. The molecule has 1 saturated carbocycles. The highest BCUT2D eigenvalue weighted by Gasteiger charge is 2.46. The van der Waals surface area contributed by atoms with Crippen molar-refractivity contribution in [2.45, 2.75) is 77.4 Å². The van der Waals surface area contributed by atoms with E-state index in [4.69, 9.17) is 4.74 Å². The summed E-state index contributed by atoms with van der Waals surface area (Å²) < 4.78 is 5.76. The molecule has 1 saturated heterocycles. The van der Waals surface area contributed by atoms with Crippen molar-refractivity contribution in [3.8, 4) is 0 Å². The minimum atomic E-state index is -0.778. The molecular formula is C20H30O3. The van der Waals surface area contributed by atoms with Crippen LogP contribution in [0.15, 0.2) is 23.8 Å². The second-order valence-corrected chi connectivity index (χ2v) is 8.34. The zero-order chi connectivity index (χ0) is 16.8. The van der Waals surface area contributed by atoms with E-state index < -0.39 is 11.7 Å². The number of esters is 1. The first kappa shape index (κ1) is 16.8. The molecule has 0 aromatic heterocycles. The Labute approximate surface area is 139 Å². The van der Waals surface area contributed by atoms with Crippen molar-refractivity contribution < 1.29 is 14.6 Å². The van der Waals surface area contributed by atoms with Gasteiger partial charge in [-0.15, -0.1) is 0 Å². The van der Waals surface area contributed by atoms with Gasteiger partial charge in [0.15, 0.2) is 0 Å². The summed E-state index contributed by atoms with van der Waals surface area (Å²) in [6, 6.07) is 0. The number of carbonyl (C=O) groups excluding carboxylic acids is 1. The van der Waals surface area contributed by atoms with Gasteiger partial charge in [-0.25, -0.2) is 4.79 Å². The molecule has 0 aromatic rings. The maximum Gasteiger partial charge on any atom is 0.334 e. The number of aliphatic hydroxyl groups is 1. The number of aliphatic hydroxyl groups excluding tert-OH is 1. The molecule has 0 aromatic carbocycles. The Balaban J connectivity index is 2.00. The minimum absolute atomic E-state index is 0.0436. The first-order valence-electron chi connectivity index (χ1n) is 9.06. The molecule has 1 N–H and O–H groups in total. The van der Waals surface area contributed by atoms with Gasteiger partial charge in [0.25, 0.3) is 0 Å². The highest BCUT2D eigenvalue weighted by atomic mass is 16.6. The van der Waals surface area contributed by atoms with E-state index in [1.165, 1.54) is 5.57 Å². The van der Waals surface area contributed by atoms with Gasteiger partial charge in [0, 0.05) is 5.57 Å². The van der Waals surface area contributed by atoms with Crippen molar-refractivity contribution in [3.63, 3.8) is 0 Å². The molecule has 0 spiro atoms. The molecule has 2 heterocycles. The topological polar surface area (TPSA) is 46.5 Å². The van der Waals surface area contributed by atoms with Crippen LogP contribution in [0, 0.1) is 17.3 Å². The van der Waals surface area contributed by atoms with Crippen molar-refractivity contribution in [3.05, 3.63) is 23.8 Å². The summed E-state index contributed by atoms with van der Waals surface area (Å²) in [7, 11) is 0. The maximum atomic E-state index is 12.5. The second-order valence-electron chi connectivity index (χ2n) is 8.34. The van der Waals surface area contributed by atoms with Crippen molar-refractivity contribution in [2.75, 3.05) is 0 Å². The monoisotopic (exact) mass is 318 g/mol. The fourth-order valence-corrected chi connectivity index (χ4v) is 4.69. The van der Waals surface area contributed by atoms with Crippen LogP contribution in [0.2, 0.25) is 0 Å². The lowest BCUT2D eigenvalue weighted by molar-refractivity contribution is -0.167. The Morgan fingerprint density at radius 2 is 2.04 bits per heavy atom. The molecule has 2 aliphatic heterocycles. The summed E-state index contributed by atoms with van der Waals surface area (Å²) in [6.07, 6.45) is 7.48. The molecule has 3 nitrogen and oxygen atoms in total. The molecule has 3 heteroatoms. The molecule has 5 atom stereocenters. The molecule has 4 bridgehead atoms. The van der Waals surface area contributed by atoms with E-state index in [1.807, 2.05) is 13.0 Å². The smallest absolute Gasteiger partial charge is 0.334 e. The van der Waals surface area contributed by atoms with E-state index in [9.17, 15) is 9.90 Å². The quantitative estimate of drug-likeness (QED) is 0.539. The molecule has 3 rings (SSSR count). The number of ether oxygens (including phenoxy) is 1. The Morgan fingerprint density at radius 3 is 2.78 bits per heavy atom. The molecule has 1 aliphatic carbocycles. The molecule has 0 amide bonds. The zero-order valence-electron chi connectivity index (χ0n) is 14.7. The van der Waals surface area contributed by atoms with E-state index in [2.05, 4.69) is 20.4 Å². The lowest BCUT2D eigenvalue weighted by Crippen LogP contribution is -2.45. The molecule has 128 valence electrons. The van der Waals surface area contributed by atoms with Crippen molar-refractivity contribution in [1.29, 1.82) is 0 Å². The third-order valence-corrected chi connectivity index (χ3v) is 7.01. The lowest BCUT2D eigenvalue weighted by Gasteiger charge is -2.47. The number of rotatable bonds is 0. The number of carbonyl (C=O) groups is 1. The van der Waals surface area contributed by atoms with Crippen LogP contribution in [0.5, 0.6) is 0 Å². The summed E-state index contributed by atoms with van der Waals surface area (Å²) in [4.78, 5) is 12.5. The summed E-state index contributed by atoms with van der Waals surface area (Å²) in [5.41, 5.74) is 1.32. The van der Waals surface area contributed by atoms with Crippen LogP contribution in [0.1, 0.15) is 65.7 Å². The summed E-state index contributed by atoms with van der Waals surface area (Å²) >= 11 is 0. The number of fused-ring (bicyclic) bond motifs is 5. The van der Waals surface area contributed by atoms with Gasteiger partial charge in [0.1, 0.15) is 5.60 Å². The molecular weight excluding hydrogens is 288 g/mol. The van der Waals surface area contributed by atoms with Crippen LogP contribution in [0.3, 0.4) is 0 Å². The number of hydrogen-bond donors (Lipinski definition) is 1. The van der Waals surface area contributed by atoms with E-state index in [0.29, 0.717) is 24.7 Å². The fraction of sp³-hybridized carbons (Fsp3) is 0.750. The van der Waals surface area contributed by atoms with Gasteiger partial charge in [0.05, 0.1) is 6.10 Å². The third kappa shape index (κ3) is 2.77. The Morgan fingerprint density at radius 1 is 1.30 bits per heavy atom. The minimum Gasteiger partial charge on any atom is -0.453 e. The van der Waals surface area contributed by atoms with E-state index >= 15 is 0 Å². The van der Waals surface area contributed by atoms with Gasteiger partial charge in [0.2, 0.25) is 0 Å². The Bertz CT molecular complexity index is 549. The van der Waals surface area contributed by atoms with E-state index in [-0.39, 0.29) is 11.4 Å². The molecule has 2 fully saturated rings. The van der Waals surface area contributed by atoms with Gasteiger partial charge in [-0.1, -0.05) is 32.1 Å². The number of allylic oxidation sites excluding steroid dienone is 2. The van der Waals surface area contributed by atoms with E-state index in [1.54, 1.807) is 0 Å². The van der Waals surface area contributed by atoms with Crippen LogP contribution < -0.4 is 0 Å². The second kappa shape index (κ2) is 5.77. The predicted molar refractivity (Wildman–Crippen MR) is 90.8 cm³/mol. The summed E-state index contributed by atoms with van der Waals surface area (Å²) in [5.74, 6) is 0.660. The normalized spacial score (nSPS) is 44.9. The Kier molecular flexibility index (Phi) is 4.20. The van der Waals surface area contributed by atoms with Crippen molar-refractivity contribution >= 4 is 5.97 Å². The molecule has 23 heavy (non-hydrogen) atoms. The largest absolute Gasteiger partial charge is 0.453 e. The van der Waals surface area contributed by atoms with Crippen LogP contribution in [-0.2, 0) is 9.53 Å². The first-order chi connectivity index (χ1) is 10.8. The molecule has 5 unspecified atom stereocenters. The van der Waals surface area contributed by atoms with Crippen LogP contribution in [0.25, 0.3) is 0 Å². The third-order valence-electron chi connectivity index (χ3n) is 7.01. The average molecular weight is 318 g/mol. The van der Waals surface area contributed by atoms with Gasteiger partial charge in [-0.3, -0.25) is 0 Å². The zero-order valence-corrected chi connectivity index (χ0v) is 14.7. The van der Waals surface area contributed by atoms with Gasteiger partial charge in [-0.2, -0.15) is 0 Å². The molecule has 3 aliphatic rings. The SMILES string of the molecule is C=C1C2CCC(C)C1(C)CCC1=CCCC(C)(OC1=O)C(O)C2. The number of hydrogen-bond acceptors (Lipinski definition) is 3. The van der Waals surface area contributed by atoms with Gasteiger partial charge in [-0.05, 0) is 69.1 Å². The highest BCUT2D eigenvalue weighted by Crippen LogP contribution is 2.52. The fourth-order valence-electron chi connectivity index (χ4n) is 4.69. The van der Waals surface area contributed by atoms with Gasteiger partial charge < -0.3 is 9.84 Å². The average Bonchev–Trinajstić information content (AvgIpc) is 2.64.